The van der Waals surface area contributed by atoms with Gasteiger partial charge >= 0.3 is 12.1 Å². The quantitative estimate of drug-likeness (QED) is 0.722. The van der Waals surface area contributed by atoms with Crippen LogP contribution in [0.1, 0.15) is 25.7 Å². The number of sulfonamides is 1. The molecule has 0 aromatic carbocycles. The summed E-state index contributed by atoms with van der Waals surface area (Å²) in [5.41, 5.74) is 0. The predicted molar refractivity (Wildman–Crippen MR) is 65.4 cm³/mol. The van der Waals surface area contributed by atoms with Gasteiger partial charge in [0, 0.05) is 19.5 Å². The van der Waals surface area contributed by atoms with Crippen LogP contribution in [0.5, 0.6) is 0 Å². The maximum absolute atomic E-state index is 12.6. The third-order valence-electron chi connectivity index (χ3n) is 3.25. The fraction of sp³-hybridized carbons (Fsp3) is 0.909. The highest BCUT2D eigenvalue weighted by Gasteiger charge is 2.43. The van der Waals surface area contributed by atoms with Gasteiger partial charge in [0.15, 0.2) is 0 Å². The normalized spacial score (nSPS) is 21.7. The van der Waals surface area contributed by atoms with Gasteiger partial charge in [0.1, 0.15) is 0 Å². The first-order valence-corrected chi connectivity index (χ1v) is 7.89. The summed E-state index contributed by atoms with van der Waals surface area (Å²) in [6.45, 7) is -0.419. The topological polar surface area (TPSA) is 63.7 Å². The molecule has 1 unspecified atom stereocenters. The second kappa shape index (κ2) is 6.75. The van der Waals surface area contributed by atoms with Gasteiger partial charge in [-0.05, 0) is 19.3 Å². The number of ether oxygens (including phenoxy) is 1. The average Bonchev–Trinajstić information content (AvgIpc) is 2.37. The smallest absolute Gasteiger partial charge is 0.393 e. The second-order valence-electron chi connectivity index (χ2n) is 4.73. The lowest BCUT2D eigenvalue weighted by molar-refractivity contribution is -0.182. The zero-order valence-electron chi connectivity index (χ0n) is 11.1. The van der Waals surface area contributed by atoms with E-state index in [0.29, 0.717) is 0 Å². The molecule has 1 fully saturated rings. The SMILES string of the molecule is COC(=O)CCCS(=O)(=O)N1CCCC(C(F)(F)F)C1. The molecular weight excluding hydrogens is 299 g/mol. The van der Waals surface area contributed by atoms with E-state index in [9.17, 15) is 26.4 Å². The molecule has 1 saturated heterocycles. The van der Waals surface area contributed by atoms with Crippen molar-refractivity contribution in [1.29, 1.82) is 0 Å². The number of hydrogen-bond acceptors (Lipinski definition) is 4. The molecule has 0 aliphatic carbocycles. The Morgan fingerprint density at radius 3 is 2.60 bits per heavy atom. The number of carbonyl (C=O) groups is 1. The van der Waals surface area contributed by atoms with Crippen LogP contribution in [0, 0.1) is 5.92 Å². The van der Waals surface area contributed by atoms with Gasteiger partial charge < -0.3 is 4.74 Å². The van der Waals surface area contributed by atoms with E-state index in [1.165, 1.54) is 7.11 Å². The van der Waals surface area contributed by atoms with E-state index in [2.05, 4.69) is 4.74 Å². The Morgan fingerprint density at radius 2 is 2.05 bits per heavy atom. The highest BCUT2D eigenvalue weighted by Crippen LogP contribution is 2.34. The summed E-state index contributed by atoms with van der Waals surface area (Å²) in [5, 5.41) is 0. The van der Waals surface area contributed by atoms with Crippen LogP contribution in [0.15, 0.2) is 0 Å². The molecule has 1 heterocycles. The van der Waals surface area contributed by atoms with Crippen molar-refractivity contribution >= 4 is 16.0 Å². The lowest BCUT2D eigenvalue weighted by Gasteiger charge is -2.32. The van der Waals surface area contributed by atoms with E-state index in [-0.39, 0.29) is 38.0 Å². The predicted octanol–water partition coefficient (Wildman–Crippen LogP) is 1.54. The third-order valence-corrected chi connectivity index (χ3v) is 5.17. The fourth-order valence-corrected chi connectivity index (χ4v) is 3.67. The standard InChI is InChI=1S/C11H18F3NO4S/c1-19-10(16)5-3-7-20(17,18)15-6-2-4-9(8-15)11(12,13)14/h9H,2-8H2,1H3. The highest BCUT2D eigenvalue weighted by atomic mass is 32.2. The first-order chi connectivity index (χ1) is 9.16. The van der Waals surface area contributed by atoms with Gasteiger partial charge in [-0.25, -0.2) is 12.7 Å². The van der Waals surface area contributed by atoms with Gasteiger partial charge in [0.2, 0.25) is 10.0 Å². The van der Waals surface area contributed by atoms with Gasteiger partial charge in [-0.3, -0.25) is 4.79 Å². The maximum Gasteiger partial charge on any atom is 0.393 e. The van der Waals surface area contributed by atoms with Crippen LogP contribution < -0.4 is 0 Å². The molecule has 1 atom stereocenters. The minimum atomic E-state index is -4.37. The molecule has 0 radical (unpaired) electrons. The van der Waals surface area contributed by atoms with Crippen molar-refractivity contribution in [2.24, 2.45) is 5.92 Å². The molecule has 20 heavy (non-hydrogen) atoms. The fourth-order valence-electron chi connectivity index (χ4n) is 2.09. The Kier molecular flexibility index (Phi) is 5.81. The van der Waals surface area contributed by atoms with Crippen LogP contribution in [0.2, 0.25) is 0 Å². The molecule has 1 aliphatic rings. The summed E-state index contributed by atoms with van der Waals surface area (Å²) in [6, 6.07) is 0. The van der Waals surface area contributed by atoms with Crippen molar-refractivity contribution in [3.05, 3.63) is 0 Å². The number of piperidine rings is 1. The number of rotatable bonds is 5. The summed E-state index contributed by atoms with van der Waals surface area (Å²) in [6.07, 6.45) is -4.24. The monoisotopic (exact) mass is 317 g/mol. The van der Waals surface area contributed by atoms with Gasteiger partial charge in [-0.2, -0.15) is 13.2 Å². The van der Waals surface area contributed by atoms with Crippen molar-refractivity contribution in [3.63, 3.8) is 0 Å². The van der Waals surface area contributed by atoms with Gasteiger partial charge in [-0.1, -0.05) is 0 Å². The van der Waals surface area contributed by atoms with E-state index in [0.717, 1.165) is 4.31 Å². The zero-order valence-corrected chi connectivity index (χ0v) is 12.0. The van der Waals surface area contributed by atoms with E-state index in [4.69, 9.17) is 0 Å². The van der Waals surface area contributed by atoms with Crippen molar-refractivity contribution in [1.82, 2.24) is 4.31 Å². The lowest BCUT2D eigenvalue weighted by Crippen LogP contribution is -2.45. The molecule has 0 saturated carbocycles. The minimum absolute atomic E-state index is 0.0438. The summed E-state index contributed by atoms with van der Waals surface area (Å²) < 4.78 is 67.0. The van der Waals surface area contributed by atoms with Crippen molar-refractivity contribution in [2.75, 3.05) is 26.0 Å². The maximum atomic E-state index is 12.6. The number of carbonyl (C=O) groups excluding carboxylic acids is 1. The number of halogens is 3. The van der Waals surface area contributed by atoms with Crippen molar-refractivity contribution in [2.45, 2.75) is 31.9 Å². The number of methoxy groups -OCH3 is 1. The molecule has 1 aliphatic heterocycles. The Hall–Kier alpha value is -0.830. The molecule has 0 bridgehead atoms. The Bertz CT molecular complexity index is 435. The first-order valence-electron chi connectivity index (χ1n) is 6.28. The van der Waals surface area contributed by atoms with Crippen LogP contribution in [-0.2, 0) is 19.6 Å². The van der Waals surface area contributed by atoms with Crippen molar-refractivity contribution < 1.29 is 31.1 Å². The summed E-state index contributed by atoms with van der Waals surface area (Å²) in [7, 11) is -2.56. The van der Waals surface area contributed by atoms with Crippen LogP contribution in [0.4, 0.5) is 13.2 Å². The van der Waals surface area contributed by atoms with E-state index in [1.54, 1.807) is 0 Å². The molecule has 0 aromatic rings. The molecule has 0 N–H and O–H groups in total. The molecule has 118 valence electrons. The van der Waals surface area contributed by atoms with Gasteiger partial charge in [-0.15, -0.1) is 0 Å². The Balaban J connectivity index is 2.56. The lowest BCUT2D eigenvalue weighted by atomic mass is 9.99. The molecule has 0 aromatic heterocycles. The zero-order chi connectivity index (χ0) is 15.4. The Morgan fingerprint density at radius 1 is 1.40 bits per heavy atom. The van der Waals surface area contributed by atoms with Crippen LogP contribution >= 0.6 is 0 Å². The number of esters is 1. The summed E-state index contributed by atoms with van der Waals surface area (Å²) in [5.74, 6) is -2.48. The number of hydrogen-bond donors (Lipinski definition) is 0. The largest absolute Gasteiger partial charge is 0.469 e. The number of alkyl halides is 3. The first kappa shape index (κ1) is 17.2. The minimum Gasteiger partial charge on any atom is -0.469 e. The molecular formula is C11H18F3NO4S. The van der Waals surface area contributed by atoms with Crippen molar-refractivity contribution in [3.8, 4) is 0 Å². The average molecular weight is 317 g/mol. The van der Waals surface area contributed by atoms with E-state index >= 15 is 0 Å². The molecule has 0 spiro atoms. The molecule has 1 rings (SSSR count). The Labute approximate surface area is 116 Å². The highest BCUT2D eigenvalue weighted by molar-refractivity contribution is 7.89. The third kappa shape index (κ3) is 4.93. The van der Waals surface area contributed by atoms with Gasteiger partial charge in [0.05, 0.1) is 18.8 Å². The van der Waals surface area contributed by atoms with Crippen LogP contribution in [-0.4, -0.2) is 50.8 Å². The molecule has 0 amide bonds. The second-order valence-corrected chi connectivity index (χ2v) is 6.82. The molecule has 9 heteroatoms. The van der Waals surface area contributed by atoms with Crippen LogP contribution in [0.3, 0.4) is 0 Å². The molecule has 5 nitrogen and oxygen atoms in total. The summed E-state index contributed by atoms with van der Waals surface area (Å²) in [4.78, 5) is 10.9. The summed E-state index contributed by atoms with van der Waals surface area (Å²) >= 11 is 0. The number of nitrogens with zero attached hydrogens (tertiary/aromatic N) is 1. The van der Waals surface area contributed by atoms with E-state index in [1.807, 2.05) is 0 Å². The van der Waals surface area contributed by atoms with E-state index < -0.39 is 34.6 Å². The van der Waals surface area contributed by atoms with Crippen LogP contribution in [0.25, 0.3) is 0 Å². The van der Waals surface area contributed by atoms with Gasteiger partial charge in [0.25, 0.3) is 0 Å².